The summed E-state index contributed by atoms with van der Waals surface area (Å²) in [7, 11) is 0. The van der Waals surface area contributed by atoms with Gasteiger partial charge in [-0.3, -0.25) is 0 Å². The van der Waals surface area contributed by atoms with Crippen molar-refractivity contribution in [3.8, 4) is 11.5 Å². The molecule has 4 nitrogen and oxygen atoms in total. The van der Waals surface area contributed by atoms with Crippen molar-refractivity contribution >= 4 is 6.09 Å². The molecule has 20 heavy (non-hydrogen) atoms. The monoisotopic (exact) mass is 289 g/mol. The van der Waals surface area contributed by atoms with Gasteiger partial charge in [-0.2, -0.15) is 0 Å². The van der Waals surface area contributed by atoms with Gasteiger partial charge in [-0.15, -0.1) is 13.2 Å². The lowest BCUT2D eigenvalue weighted by molar-refractivity contribution is -0.274. The van der Waals surface area contributed by atoms with Crippen molar-refractivity contribution in [2.24, 2.45) is 0 Å². The van der Waals surface area contributed by atoms with Gasteiger partial charge in [0.15, 0.2) is 0 Å². The summed E-state index contributed by atoms with van der Waals surface area (Å²) in [5.74, 6) is -0.162. The summed E-state index contributed by atoms with van der Waals surface area (Å²) in [4.78, 5) is 13.4. The molecule has 110 valence electrons. The predicted octanol–water partition coefficient (Wildman–Crippen LogP) is 3.57. The molecular formula is C13H14F3NO3. The number of ether oxygens (including phenoxy) is 2. The summed E-state index contributed by atoms with van der Waals surface area (Å²) >= 11 is 0. The first-order valence-electron chi connectivity index (χ1n) is 6.26. The fourth-order valence-electron chi connectivity index (χ4n) is 1.95. The van der Waals surface area contributed by atoms with Gasteiger partial charge in [-0.25, -0.2) is 4.79 Å². The summed E-state index contributed by atoms with van der Waals surface area (Å²) in [6.07, 6.45) is -2.24. The van der Waals surface area contributed by atoms with Gasteiger partial charge in [0.2, 0.25) is 0 Å². The Morgan fingerprint density at radius 2 is 1.55 bits per heavy atom. The normalized spacial score (nSPS) is 15.8. The third-order valence-corrected chi connectivity index (χ3v) is 2.88. The van der Waals surface area contributed by atoms with Crippen molar-refractivity contribution < 1.29 is 27.4 Å². The molecule has 2 rings (SSSR count). The lowest BCUT2D eigenvalue weighted by atomic mass is 10.1. The summed E-state index contributed by atoms with van der Waals surface area (Å²) in [5, 5.41) is 0. The van der Waals surface area contributed by atoms with E-state index in [-0.39, 0.29) is 11.5 Å². The Kier molecular flexibility index (Phi) is 4.36. The van der Waals surface area contributed by atoms with E-state index in [1.54, 1.807) is 4.90 Å². The second-order valence-corrected chi connectivity index (χ2v) is 4.43. The number of likely N-dealkylation sites (tertiary alicyclic amines) is 1. The Bertz CT molecular complexity index is 453. The molecule has 1 amide bonds. The Labute approximate surface area is 114 Å². The molecule has 7 heteroatoms. The molecule has 0 bridgehead atoms. The summed E-state index contributed by atoms with van der Waals surface area (Å²) < 4.78 is 44.8. The predicted molar refractivity (Wildman–Crippen MR) is 64.6 cm³/mol. The fourth-order valence-corrected chi connectivity index (χ4v) is 1.95. The number of rotatable bonds is 2. The second kappa shape index (κ2) is 6.02. The highest BCUT2D eigenvalue weighted by atomic mass is 19.4. The molecule has 0 aromatic heterocycles. The zero-order chi connectivity index (χ0) is 14.6. The number of carbonyl (C=O) groups is 1. The first kappa shape index (κ1) is 14.5. The third kappa shape index (κ3) is 4.32. The number of amides is 1. The van der Waals surface area contributed by atoms with E-state index in [2.05, 4.69) is 4.74 Å². The topological polar surface area (TPSA) is 38.8 Å². The van der Waals surface area contributed by atoms with Crippen LogP contribution in [0.1, 0.15) is 19.3 Å². The molecular weight excluding hydrogens is 275 g/mol. The average molecular weight is 289 g/mol. The fraction of sp³-hybridized carbons (Fsp3) is 0.462. The molecule has 0 unspecified atom stereocenters. The van der Waals surface area contributed by atoms with Crippen molar-refractivity contribution in [2.75, 3.05) is 13.1 Å². The molecule has 1 aliphatic heterocycles. The Morgan fingerprint density at radius 1 is 1.00 bits per heavy atom. The van der Waals surface area contributed by atoms with E-state index in [9.17, 15) is 18.0 Å². The van der Waals surface area contributed by atoms with Crippen molar-refractivity contribution in [3.63, 3.8) is 0 Å². The van der Waals surface area contributed by atoms with E-state index in [4.69, 9.17) is 4.74 Å². The molecule has 1 fully saturated rings. The largest absolute Gasteiger partial charge is 0.573 e. The van der Waals surface area contributed by atoms with Crippen LogP contribution in [0, 0.1) is 0 Å². The molecule has 0 atom stereocenters. The van der Waals surface area contributed by atoms with Crippen molar-refractivity contribution in [3.05, 3.63) is 24.3 Å². The van der Waals surface area contributed by atoms with Crippen molar-refractivity contribution in [2.45, 2.75) is 25.6 Å². The number of halogens is 3. The van der Waals surface area contributed by atoms with Crippen LogP contribution in [0.25, 0.3) is 0 Å². The molecule has 1 aliphatic rings. The summed E-state index contributed by atoms with van der Waals surface area (Å²) in [5.41, 5.74) is 0. The van der Waals surface area contributed by atoms with Crippen molar-refractivity contribution in [1.29, 1.82) is 0 Å². The number of alkyl halides is 3. The van der Waals surface area contributed by atoms with E-state index < -0.39 is 12.5 Å². The maximum atomic E-state index is 12.0. The standard InChI is InChI=1S/C13H14F3NO3/c14-13(15,16)20-11-6-4-10(5-7-11)19-12(18)17-8-2-1-3-9-17/h4-7H,1-3,8-9H2. The zero-order valence-electron chi connectivity index (χ0n) is 10.7. The van der Waals surface area contributed by atoms with Gasteiger partial charge in [0, 0.05) is 13.1 Å². The van der Waals surface area contributed by atoms with Crippen LogP contribution in [-0.4, -0.2) is 30.4 Å². The van der Waals surface area contributed by atoms with Crippen LogP contribution in [0.15, 0.2) is 24.3 Å². The number of carbonyl (C=O) groups excluding carboxylic acids is 1. The maximum absolute atomic E-state index is 12.0. The van der Waals surface area contributed by atoms with Gasteiger partial charge in [-0.05, 0) is 43.5 Å². The molecule has 1 aromatic carbocycles. The van der Waals surface area contributed by atoms with Gasteiger partial charge in [0.05, 0.1) is 0 Å². The van der Waals surface area contributed by atoms with E-state index in [1.165, 1.54) is 12.1 Å². The molecule has 0 saturated carbocycles. The van der Waals surface area contributed by atoms with Gasteiger partial charge in [0.25, 0.3) is 0 Å². The Balaban J connectivity index is 1.91. The lowest BCUT2D eigenvalue weighted by Gasteiger charge is -2.25. The minimum Gasteiger partial charge on any atom is -0.410 e. The number of hydrogen-bond donors (Lipinski definition) is 0. The first-order chi connectivity index (χ1) is 9.44. The highest BCUT2D eigenvalue weighted by Gasteiger charge is 2.31. The molecule has 1 aromatic rings. The molecule has 0 radical (unpaired) electrons. The van der Waals surface area contributed by atoms with Crippen LogP contribution in [0.4, 0.5) is 18.0 Å². The van der Waals surface area contributed by atoms with Gasteiger partial charge < -0.3 is 14.4 Å². The zero-order valence-corrected chi connectivity index (χ0v) is 10.7. The van der Waals surface area contributed by atoms with E-state index >= 15 is 0 Å². The van der Waals surface area contributed by atoms with E-state index in [0.29, 0.717) is 13.1 Å². The minimum atomic E-state index is -4.73. The SMILES string of the molecule is O=C(Oc1ccc(OC(F)(F)F)cc1)N1CCCCC1. The Hall–Kier alpha value is -1.92. The minimum absolute atomic E-state index is 0.190. The molecule has 1 heterocycles. The third-order valence-electron chi connectivity index (χ3n) is 2.88. The lowest BCUT2D eigenvalue weighted by Crippen LogP contribution is -2.37. The van der Waals surface area contributed by atoms with Crippen LogP contribution in [0.2, 0.25) is 0 Å². The Morgan fingerprint density at radius 3 is 2.10 bits per heavy atom. The molecule has 0 spiro atoms. The summed E-state index contributed by atoms with van der Waals surface area (Å²) in [6.45, 7) is 1.29. The van der Waals surface area contributed by atoms with Crippen LogP contribution < -0.4 is 9.47 Å². The van der Waals surface area contributed by atoms with Gasteiger partial charge in [0.1, 0.15) is 11.5 Å². The number of nitrogens with zero attached hydrogens (tertiary/aromatic N) is 1. The second-order valence-electron chi connectivity index (χ2n) is 4.43. The summed E-state index contributed by atoms with van der Waals surface area (Å²) in [6, 6.07) is 4.74. The quantitative estimate of drug-likeness (QED) is 0.835. The highest BCUT2D eigenvalue weighted by molar-refractivity contribution is 5.70. The van der Waals surface area contributed by atoms with Gasteiger partial charge >= 0.3 is 12.5 Å². The van der Waals surface area contributed by atoms with Gasteiger partial charge in [-0.1, -0.05) is 0 Å². The van der Waals surface area contributed by atoms with Crippen LogP contribution in [0.5, 0.6) is 11.5 Å². The number of benzene rings is 1. The van der Waals surface area contributed by atoms with E-state index in [1.807, 2.05) is 0 Å². The van der Waals surface area contributed by atoms with E-state index in [0.717, 1.165) is 31.4 Å². The van der Waals surface area contributed by atoms with Crippen LogP contribution in [-0.2, 0) is 0 Å². The van der Waals surface area contributed by atoms with Crippen LogP contribution in [0.3, 0.4) is 0 Å². The molecule has 0 aliphatic carbocycles. The van der Waals surface area contributed by atoms with Crippen molar-refractivity contribution in [1.82, 2.24) is 4.90 Å². The number of hydrogen-bond acceptors (Lipinski definition) is 3. The highest BCUT2D eigenvalue weighted by Crippen LogP contribution is 2.25. The maximum Gasteiger partial charge on any atom is 0.573 e. The smallest absolute Gasteiger partial charge is 0.410 e. The first-order valence-corrected chi connectivity index (χ1v) is 6.26. The molecule has 1 saturated heterocycles. The average Bonchev–Trinajstić information content (AvgIpc) is 2.40. The molecule has 0 N–H and O–H groups in total. The number of piperidine rings is 1. The van der Waals surface area contributed by atoms with Crippen LogP contribution >= 0.6 is 0 Å².